The lowest BCUT2D eigenvalue weighted by atomic mass is 9.74. The fourth-order valence-electron chi connectivity index (χ4n) is 4.55. The highest BCUT2D eigenvalue weighted by Gasteiger charge is 2.36. The highest BCUT2D eigenvalue weighted by molar-refractivity contribution is 7.92. The molecule has 0 saturated carbocycles. The molecule has 1 saturated heterocycles. The monoisotopic (exact) mass is 542 g/mol. The molecule has 37 heavy (non-hydrogen) atoms. The number of hydrogen-bond acceptors (Lipinski definition) is 5. The van der Waals surface area contributed by atoms with Crippen LogP contribution in [0.4, 0.5) is 5.69 Å². The van der Waals surface area contributed by atoms with Crippen molar-refractivity contribution in [2.24, 2.45) is 0 Å². The van der Waals surface area contributed by atoms with E-state index >= 15 is 0 Å². The third-order valence-electron chi connectivity index (χ3n) is 6.58. The van der Waals surface area contributed by atoms with Gasteiger partial charge in [0.1, 0.15) is 12.3 Å². The van der Waals surface area contributed by atoms with Gasteiger partial charge in [-0.1, -0.05) is 54.1 Å². The molecule has 1 heterocycles. The highest BCUT2D eigenvalue weighted by atomic mass is 35.5. The first-order valence-corrected chi connectivity index (χ1v) is 14.1. The number of sulfonamides is 1. The van der Waals surface area contributed by atoms with Crippen LogP contribution in [0.15, 0.2) is 83.8 Å². The topological polar surface area (TPSA) is 84.9 Å². The Kier molecular flexibility index (Phi) is 8.74. The fraction of sp³-hybridized carbons (Fsp3) is 0.321. The molecule has 0 aliphatic carbocycles. The number of halogens is 1. The van der Waals surface area contributed by atoms with Crippen LogP contribution in [0.1, 0.15) is 25.3 Å². The van der Waals surface area contributed by atoms with Crippen LogP contribution in [0.2, 0.25) is 5.02 Å². The maximum atomic E-state index is 13.8. The zero-order valence-electron chi connectivity index (χ0n) is 20.7. The molecule has 1 aliphatic rings. The number of amides is 1. The lowest BCUT2D eigenvalue weighted by Crippen LogP contribution is -2.48. The quantitative estimate of drug-likeness (QED) is 0.398. The van der Waals surface area contributed by atoms with Gasteiger partial charge in [-0.25, -0.2) is 8.42 Å². The second kappa shape index (κ2) is 12.0. The molecule has 196 valence electrons. The predicted molar refractivity (Wildman–Crippen MR) is 145 cm³/mol. The summed E-state index contributed by atoms with van der Waals surface area (Å²) >= 11 is 5.99. The molecule has 0 atom stereocenters. The zero-order valence-corrected chi connectivity index (χ0v) is 22.3. The Morgan fingerprint density at radius 2 is 1.65 bits per heavy atom. The first kappa shape index (κ1) is 27.0. The molecule has 7 nitrogen and oxygen atoms in total. The van der Waals surface area contributed by atoms with Crippen molar-refractivity contribution in [1.82, 2.24) is 5.32 Å². The zero-order chi connectivity index (χ0) is 26.3. The van der Waals surface area contributed by atoms with Crippen molar-refractivity contribution in [3.05, 3.63) is 89.4 Å². The van der Waals surface area contributed by atoms with Gasteiger partial charge in [-0.3, -0.25) is 9.10 Å². The average Bonchev–Trinajstić information content (AvgIpc) is 2.92. The van der Waals surface area contributed by atoms with Crippen LogP contribution >= 0.6 is 11.6 Å². The van der Waals surface area contributed by atoms with Crippen molar-refractivity contribution in [3.63, 3.8) is 0 Å². The number of rotatable bonds is 10. The number of para-hydroxylation sites is 2. The van der Waals surface area contributed by atoms with Gasteiger partial charge in [0, 0.05) is 30.2 Å². The van der Waals surface area contributed by atoms with E-state index in [1.165, 1.54) is 24.3 Å². The van der Waals surface area contributed by atoms with Gasteiger partial charge in [-0.15, -0.1) is 0 Å². The van der Waals surface area contributed by atoms with Crippen LogP contribution in [0, 0.1) is 0 Å². The molecule has 0 bridgehead atoms. The lowest BCUT2D eigenvalue weighted by Gasteiger charge is -2.38. The minimum absolute atomic E-state index is 0.0289. The number of benzene rings is 3. The number of nitrogens with zero attached hydrogens (tertiary/aromatic N) is 1. The Labute approximate surface area is 223 Å². The van der Waals surface area contributed by atoms with Crippen molar-refractivity contribution < 1.29 is 22.7 Å². The molecule has 4 rings (SSSR count). The van der Waals surface area contributed by atoms with Crippen LogP contribution in [-0.2, 0) is 25.0 Å². The summed E-state index contributed by atoms with van der Waals surface area (Å²) in [4.78, 5) is 13.4. The van der Waals surface area contributed by atoms with Gasteiger partial charge in [-0.2, -0.15) is 0 Å². The van der Waals surface area contributed by atoms with Gasteiger partial charge in [0.15, 0.2) is 0 Å². The van der Waals surface area contributed by atoms with E-state index in [0.29, 0.717) is 42.8 Å². The fourth-order valence-corrected chi connectivity index (χ4v) is 6.11. The maximum Gasteiger partial charge on any atom is 0.264 e. The summed E-state index contributed by atoms with van der Waals surface area (Å²) in [6, 6.07) is 22.7. The van der Waals surface area contributed by atoms with Crippen molar-refractivity contribution >= 4 is 33.2 Å². The SMILES string of the molecule is CCOc1ccccc1N(CC(=O)NCC1(c2ccccc2)CCOCC1)S(=O)(=O)c1ccc(Cl)cc1. The molecular formula is C28H31ClN2O5S. The molecule has 0 radical (unpaired) electrons. The molecule has 1 fully saturated rings. The highest BCUT2D eigenvalue weighted by Crippen LogP contribution is 2.35. The number of nitrogens with one attached hydrogen (secondary N) is 1. The Hall–Kier alpha value is -3.07. The van der Waals surface area contributed by atoms with Crippen molar-refractivity contribution in [1.29, 1.82) is 0 Å². The smallest absolute Gasteiger partial charge is 0.264 e. The second-order valence-corrected chi connectivity index (χ2v) is 11.2. The van der Waals surface area contributed by atoms with Gasteiger partial charge in [0.25, 0.3) is 10.0 Å². The first-order chi connectivity index (χ1) is 17.9. The van der Waals surface area contributed by atoms with Crippen molar-refractivity contribution in [2.75, 3.05) is 37.2 Å². The minimum atomic E-state index is -4.10. The molecule has 0 aromatic heterocycles. The minimum Gasteiger partial charge on any atom is -0.492 e. The Morgan fingerprint density at radius 3 is 2.32 bits per heavy atom. The van der Waals surface area contributed by atoms with E-state index in [1.54, 1.807) is 24.3 Å². The second-order valence-electron chi connectivity index (χ2n) is 8.90. The van der Waals surface area contributed by atoms with E-state index in [-0.39, 0.29) is 10.3 Å². The number of ether oxygens (including phenoxy) is 2. The van der Waals surface area contributed by atoms with E-state index in [2.05, 4.69) is 17.4 Å². The average molecular weight is 543 g/mol. The summed E-state index contributed by atoms with van der Waals surface area (Å²) in [5.41, 5.74) is 1.14. The Bertz CT molecular complexity index is 1290. The van der Waals surface area contributed by atoms with Crippen molar-refractivity contribution in [3.8, 4) is 5.75 Å². The molecule has 1 N–H and O–H groups in total. The molecule has 0 spiro atoms. The summed E-state index contributed by atoms with van der Waals surface area (Å²) in [5, 5.41) is 3.43. The van der Waals surface area contributed by atoms with Crippen LogP contribution in [0.5, 0.6) is 5.75 Å². The molecular weight excluding hydrogens is 512 g/mol. The standard InChI is InChI=1S/C28H31ClN2O5S/c1-2-36-26-11-7-6-10-25(26)31(37(33,34)24-14-12-23(29)13-15-24)20-27(32)30-21-28(16-18-35-19-17-28)22-8-4-3-5-9-22/h3-15H,2,16-21H2,1H3,(H,30,32). The van der Waals surface area contributed by atoms with Gasteiger partial charge < -0.3 is 14.8 Å². The third-order valence-corrected chi connectivity index (χ3v) is 8.61. The van der Waals surface area contributed by atoms with Crippen molar-refractivity contribution in [2.45, 2.75) is 30.1 Å². The van der Waals surface area contributed by atoms with Gasteiger partial charge in [-0.05, 0) is 61.7 Å². The van der Waals surface area contributed by atoms with Crippen LogP contribution in [0.3, 0.4) is 0 Å². The van der Waals surface area contributed by atoms with E-state index in [1.807, 2.05) is 25.1 Å². The first-order valence-electron chi connectivity index (χ1n) is 12.3. The van der Waals surface area contributed by atoms with Crippen LogP contribution in [-0.4, -0.2) is 47.2 Å². The largest absolute Gasteiger partial charge is 0.492 e. The summed E-state index contributed by atoms with van der Waals surface area (Å²) in [7, 11) is -4.10. The summed E-state index contributed by atoms with van der Waals surface area (Å²) in [6.45, 7) is 3.34. The number of carbonyl (C=O) groups is 1. The molecule has 3 aromatic rings. The molecule has 1 amide bonds. The Balaban J connectivity index is 1.62. The van der Waals surface area contributed by atoms with Gasteiger partial charge in [0.05, 0.1) is 17.2 Å². The molecule has 1 aliphatic heterocycles. The number of hydrogen-bond donors (Lipinski definition) is 1. The van der Waals surface area contributed by atoms with E-state index in [4.69, 9.17) is 21.1 Å². The number of anilines is 1. The summed E-state index contributed by atoms with van der Waals surface area (Å²) in [6.07, 6.45) is 1.52. The van der Waals surface area contributed by atoms with Crippen LogP contribution < -0.4 is 14.4 Å². The van der Waals surface area contributed by atoms with Crippen LogP contribution in [0.25, 0.3) is 0 Å². The van der Waals surface area contributed by atoms with E-state index < -0.39 is 22.5 Å². The van der Waals surface area contributed by atoms with Gasteiger partial charge in [0.2, 0.25) is 5.91 Å². The van der Waals surface area contributed by atoms with E-state index in [0.717, 1.165) is 22.7 Å². The lowest BCUT2D eigenvalue weighted by molar-refractivity contribution is -0.120. The Morgan fingerprint density at radius 1 is 1.00 bits per heavy atom. The maximum absolute atomic E-state index is 13.8. The molecule has 3 aromatic carbocycles. The summed E-state index contributed by atoms with van der Waals surface area (Å²) < 4.78 is 39.9. The predicted octanol–water partition coefficient (Wildman–Crippen LogP) is 4.80. The molecule has 0 unspecified atom stereocenters. The summed E-state index contributed by atoms with van der Waals surface area (Å²) in [5.74, 6) is -0.0360. The normalized spacial score (nSPS) is 15.1. The molecule has 9 heteroatoms. The van der Waals surface area contributed by atoms with Gasteiger partial charge >= 0.3 is 0 Å². The third kappa shape index (κ3) is 6.26. The van der Waals surface area contributed by atoms with E-state index in [9.17, 15) is 13.2 Å². The number of carbonyl (C=O) groups excluding carboxylic acids is 1.